The van der Waals surface area contributed by atoms with E-state index in [2.05, 4.69) is 9.97 Å². The van der Waals surface area contributed by atoms with E-state index in [1.165, 1.54) is 20.0 Å². The highest BCUT2D eigenvalue weighted by Crippen LogP contribution is 2.20. The summed E-state index contributed by atoms with van der Waals surface area (Å²) in [5.74, 6) is 0.546. The first kappa shape index (κ1) is 14.1. The normalized spacial score (nSPS) is 18.8. The summed E-state index contributed by atoms with van der Waals surface area (Å²) >= 11 is 0. The van der Waals surface area contributed by atoms with Gasteiger partial charge in [-0.2, -0.15) is 0 Å². The number of imidazole rings is 1. The van der Waals surface area contributed by atoms with Crippen LogP contribution in [0, 0.1) is 0 Å². The molecular weight excluding hydrogens is 268 g/mol. The molecule has 0 bridgehead atoms. The second-order valence-electron chi connectivity index (χ2n) is 5.40. The fourth-order valence-corrected chi connectivity index (χ4v) is 2.81. The molecule has 0 saturated carbocycles. The summed E-state index contributed by atoms with van der Waals surface area (Å²) in [4.78, 5) is 19.6. The molecule has 0 spiro atoms. The van der Waals surface area contributed by atoms with Crippen molar-refractivity contribution in [3.05, 3.63) is 29.6 Å². The maximum absolute atomic E-state index is 11.7. The van der Waals surface area contributed by atoms with Crippen LogP contribution >= 0.6 is 0 Å². The number of carbonyl (C=O) groups excluding carboxylic acids is 1. The van der Waals surface area contributed by atoms with Crippen molar-refractivity contribution in [2.75, 3.05) is 13.7 Å². The maximum atomic E-state index is 11.7. The summed E-state index contributed by atoms with van der Waals surface area (Å²) in [6, 6.07) is 5.50. The maximum Gasteiger partial charge on any atom is 0.340 e. The van der Waals surface area contributed by atoms with Gasteiger partial charge in [-0.25, -0.2) is 9.78 Å². The first-order valence-electron chi connectivity index (χ1n) is 7.45. The number of aromatic amines is 1. The number of hydrogen-bond donors (Lipinski definition) is 1. The number of fused-ring (bicyclic) bond motifs is 1. The largest absolute Gasteiger partial charge is 0.465 e. The summed E-state index contributed by atoms with van der Waals surface area (Å²) in [6.45, 7) is 0.872. The van der Waals surface area contributed by atoms with Crippen LogP contribution in [0.5, 0.6) is 0 Å². The quantitative estimate of drug-likeness (QED) is 0.879. The van der Waals surface area contributed by atoms with Crippen LogP contribution in [0.15, 0.2) is 18.2 Å². The van der Waals surface area contributed by atoms with E-state index in [0.717, 1.165) is 37.2 Å². The highest BCUT2D eigenvalue weighted by molar-refractivity contribution is 6.01. The van der Waals surface area contributed by atoms with Crippen molar-refractivity contribution in [3.63, 3.8) is 0 Å². The van der Waals surface area contributed by atoms with Crippen LogP contribution in [0.4, 0.5) is 0 Å². The Bertz CT molecular complexity index is 629. The van der Waals surface area contributed by atoms with Crippen molar-refractivity contribution in [3.8, 4) is 0 Å². The monoisotopic (exact) mass is 288 g/mol. The van der Waals surface area contributed by atoms with Gasteiger partial charge in [0.15, 0.2) is 0 Å². The number of esters is 1. The summed E-state index contributed by atoms with van der Waals surface area (Å²) in [5.41, 5.74) is 2.06. The van der Waals surface area contributed by atoms with Crippen LogP contribution in [0.2, 0.25) is 0 Å². The first-order chi connectivity index (χ1) is 10.3. The molecule has 21 heavy (non-hydrogen) atoms. The van der Waals surface area contributed by atoms with E-state index in [-0.39, 0.29) is 5.97 Å². The number of aryl methyl sites for hydroxylation is 1. The molecule has 1 unspecified atom stereocenters. The molecule has 3 rings (SSSR count). The Morgan fingerprint density at radius 3 is 3.14 bits per heavy atom. The lowest BCUT2D eigenvalue weighted by molar-refractivity contribution is 0.0112. The molecule has 0 aliphatic carbocycles. The predicted molar refractivity (Wildman–Crippen MR) is 79.3 cm³/mol. The number of aromatic nitrogens is 2. The lowest BCUT2D eigenvalue weighted by atomic mass is 10.0. The Morgan fingerprint density at radius 2 is 2.38 bits per heavy atom. The van der Waals surface area contributed by atoms with Gasteiger partial charge in [0.25, 0.3) is 0 Å². The van der Waals surface area contributed by atoms with Gasteiger partial charge in [-0.05, 0) is 37.8 Å². The zero-order valence-electron chi connectivity index (χ0n) is 12.2. The minimum absolute atomic E-state index is 0.340. The third-order valence-corrected chi connectivity index (χ3v) is 3.94. The fraction of sp³-hybridized carbons (Fsp3) is 0.500. The molecule has 5 nitrogen and oxygen atoms in total. The third kappa shape index (κ3) is 3.08. The van der Waals surface area contributed by atoms with Crippen LogP contribution in [0.25, 0.3) is 11.0 Å². The van der Waals surface area contributed by atoms with Crippen LogP contribution < -0.4 is 0 Å². The number of carbonyl (C=O) groups is 1. The summed E-state index contributed by atoms with van der Waals surface area (Å²) in [6.07, 6.45) is 5.69. The molecule has 2 aromatic rings. The molecule has 1 aliphatic rings. The minimum atomic E-state index is -0.353. The van der Waals surface area contributed by atoms with Gasteiger partial charge in [0, 0.05) is 13.0 Å². The molecule has 0 amide bonds. The number of nitrogens with one attached hydrogen (secondary N) is 1. The van der Waals surface area contributed by atoms with Gasteiger partial charge in [-0.3, -0.25) is 0 Å². The Hall–Kier alpha value is -1.88. The van der Waals surface area contributed by atoms with Crippen LogP contribution in [-0.2, 0) is 15.9 Å². The zero-order valence-corrected chi connectivity index (χ0v) is 12.2. The van der Waals surface area contributed by atoms with Crippen LogP contribution in [-0.4, -0.2) is 35.8 Å². The minimum Gasteiger partial charge on any atom is -0.465 e. The molecule has 0 radical (unpaired) electrons. The van der Waals surface area contributed by atoms with Crippen molar-refractivity contribution in [1.82, 2.24) is 9.97 Å². The van der Waals surface area contributed by atoms with Crippen LogP contribution in [0.3, 0.4) is 0 Å². The molecule has 1 aliphatic heterocycles. The molecule has 5 heteroatoms. The standard InChI is InChI=1S/C16H20N2O3/c1-20-16(19)12-6-4-7-13-15(12)18-14(17-13)9-8-11-5-2-3-10-21-11/h4,6-7,11H,2-3,5,8-10H2,1H3,(H,17,18). The SMILES string of the molecule is COC(=O)c1cccc2[nH]c(CCC3CCCCO3)nc12. The highest BCUT2D eigenvalue weighted by Gasteiger charge is 2.16. The van der Waals surface area contributed by atoms with E-state index >= 15 is 0 Å². The molecule has 1 aromatic heterocycles. The zero-order chi connectivity index (χ0) is 14.7. The number of hydrogen-bond acceptors (Lipinski definition) is 4. The number of methoxy groups -OCH3 is 1. The van der Waals surface area contributed by atoms with Gasteiger partial charge in [-0.1, -0.05) is 6.07 Å². The molecule has 1 saturated heterocycles. The third-order valence-electron chi connectivity index (χ3n) is 3.94. The van der Waals surface area contributed by atoms with Gasteiger partial charge < -0.3 is 14.5 Å². The van der Waals surface area contributed by atoms with Crippen molar-refractivity contribution in [2.45, 2.75) is 38.2 Å². The Morgan fingerprint density at radius 1 is 1.48 bits per heavy atom. The first-order valence-corrected chi connectivity index (χ1v) is 7.45. The van der Waals surface area contributed by atoms with Gasteiger partial charge in [0.1, 0.15) is 11.3 Å². The average Bonchev–Trinajstić information content (AvgIpc) is 2.96. The summed E-state index contributed by atoms with van der Waals surface area (Å²) in [5, 5.41) is 0. The van der Waals surface area contributed by atoms with Gasteiger partial charge in [0.05, 0.1) is 24.3 Å². The Labute approximate surface area is 123 Å². The second kappa shape index (κ2) is 6.26. The predicted octanol–water partition coefficient (Wildman–Crippen LogP) is 2.85. The van der Waals surface area contributed by atoms with Crippen molar-refractivity contribution in [2.24, 2.45) is 0 Å². The Kier molecular flexibility index (Phi) is 4.20. The molecule has 2 heterocycles. The number of rotatable bonds is 4. The van der Waals surface area contributed by atoms with E-state index in [0.29, 0.717) is 17.2 Å². The topological polar surface area (TPSA) is 64.2 Å². The van der Waals surface area contributed by atoms with Crippen molar-refractivity contribution >= 4 is 17.0 Å². The molecule has 1 aromatic carbocycles. The molecule has 1 fully saturated rings. The summed E-state index contributed by atoms with van der Waals surface area (Å²) < 4.78 is 10.5. The molecule has 1 atom stereocenters. The van der Waals surface area contributed by atoms with Crippen molar-refractivity contribution < 1.29 is 14.3 Å². The van der Waals surface area contributed by atoms with E-state index < -0.39 is 0 Å². The van der Waals surface area contributed by atoms with Crippen molar-refractivity contribution in [1.29, 1.82) is 0 Å². The second-order valence-corrected chi connectivity index (χ2v) is 5.40. The number of para-hydroxylation sites is 1. The number of nitrogens with zero attached hydrogens (tertiary/aromatic N) is 1. The number of ether oxygens (including phenoxy) is 2. The Balaban J connectivity index is 1.76. The van der Waals surface area contributed by atoms with E-state index in [1.807, 2.05) is 12.1 Å². The molecule has 112 valence electrons. The van der Waals surface area contributed by atoms with Crippen LogP contribution in [0.1, 0.15) is 41.9 Å². The molecule has 1 N–H and O–H groups in total. The molecular formula is C16H20N2O3. The smallest absolute Gasteiger partial charge is 0.340 e. The average molecular weight is 288 g/mol. The lowest BCUT2D eigenvalue weighted by Gasteiger charge is -2.21. The van der Waals surface area contributed by atoms with Gasteiger partial charge in [0.2, 0.25) is 0 Å². The number of H-pyrrole nitrogens is 1. The fourth-order valence-electron chi connectivity index (χ4n) is 2.81. The highest BCUT2D eigenvalue weighted by atomic mass is 16.5. The number of benzene rings is 1. The van der Waals surface area contributed by atoms with E-state index in [9.17, 15) is 4.79 Å². The van der Waals surface area contributed by atoms with E-state index in [1.54, 1.807) is 6.07 Å². The van der Waals surface area contributed by atoms with Gasteiger partial charge in [-0.15, -0.1) is 0 Å². The lowest BCUT2D eigenvalue weighted by Crippen LogP contribution is -2.19. The summed E-state index contributed by atoms with van der Waals surface area (Å²) in [7, 11) is 1.38. The van der Waals surface area contributed by atoms with E-state index in [4.69, 9.17) is 9.47 Å². The van der Waals surface area contributed by atoms with Gasteiger partial charge >= 0.3 is 5.97 Å².